The fourth-order valence-electron chi connectivity index (χ4n) is 2.95. The zero-order valence-electron chi connectivity index (χ0n) is 15.3. The summed E-state index contributed by atoms with van der Waals surface area (Å²) >= 11 is 7.12. The number of thioether (sulfide) groups is 1. The lowest BCUT2D eigenvalue weighted by atomic mass is 10.2. The Bertz CT molecular complexity index is 1160. The van der Waals surface area contributed by atoms with Gasteiger partial charge in [-0.15, -0.1) is 10.2 Å². The molecular weight excluding hydrogens is 396 g/mol. The number of aryl methyl sites for hydroxylation is 1. The molecule has 9 heteroatoms. The third-order valence-electron chi connectivity index (χ3n) is 4.38. The van der Waals surface area contributed by atoms with Crippen LogP contribution in [-0.4, -0.2) is 35.9 Å². The number of carbonyl (C=O) groups excluding carboxylic acids is 1. The Labute approximate surface area is 170 Å². The van der Waals surface area contributed by atoms with E-state index in [-0.39, 0.29) is 11.2 Å². The van der Waals surface area contributed by atoms with Crippen molar-refractivity contribution >= 4 is 57.2 Å². The molecule has 0 aliphatic heterocycles. The molecule has 0 saturated heterocycles. The second kappa shape index (κ2) is 7.73. The second-order valence-corrected chi connectivity index (χ2v) is 7.81. The van der Waals surface area contributed by atoms with Gasteiger partial charge in [-0.2, -0.15) is 0 Å². The third kappa shape index (κ3) is 3.53. The Balaban J connectivity index is 1.58. The van der Waals surface area contributed by atoms with Crippen LogP contribution in [0.5, 0.6) is 0 Å². The van der Waals surface area contributed by atoms with Gasteiger partial charge in [0, 0.05) is 18.6 Å². The van der Waals surface area contributed by atoms with Crippen molar-refractivity contribution in [1.82, 2.24) is 24.7 Å². The van der Waals surface area contributed by atoms with Crippen molar-refractivity contribution in [1.29, 1.82) is 0 Å². The minimum absolute atomic E-state index is 0.164. The van der Waals surface area contributed by atoms with Crippen LogP contribution in [0.2, 0.25) is 5.02 Å². The maximum Gasteiger partial charge on any atom is 0.239 e. The van der Waals surface area contributed by atoms with Gasteiger partial charge in [-0.25, -0.2) is 9.97 Å². The summed E-state index contributed by atoms with van der Waals surface area (Å²) in [6.07, 6.45) is 2.10. The van der Waals surface area contributed by atoms with Gasteiger partial charge in [-0.05, 0) is 24.6 Å². The maximum absolute atomic E-state index is 12.6. The van der Waals surface area contributed by atoms with E-state index < -0.39 is 0 Å². The number of anilines is 1. The largest absolute Gasteiger partial charge is 0.327 e. The normalized spacial score (nSPS) is 12.4. The average Bonchev–Trinajstić information content (AvgIpc) is 3.00. The van der Waals surface area contributed by atoms with E-state index in [4.69, 9.17) is 11.6 Å². The molecule has 0 aliphatic carbocycles. The number of nitrogens with one attached hydrogen (secondary N) is 1. The van der Waals surface area contributed by atoms with Crippen molar-refractivity contribution in [2.24, 2.45) is 7.05 Å². The fraction of sp³-hybridized carbons (Fsp3) is 0.211. The fourth-order valence-corrected chi connectivity index (χ4v) is 3.87. The minimum atomic E-state index is -0.369. The zero-order valence-corrected chi connectivity index (χ0v) is 16.8. The second-order valence-electron chi connectivity index (χ2n) is 6.21. The number of nitrogens with zero attached hydrogens (tertiary/aromatic N) is 5. The first-order valence-electron chi connectivity index (χ1n) is 8.73. The van der Waals surface area contributed by atoms with Crippen molar-refractivity contribution in [3.63, 3.8) is 0 Å². The van der Waals surface area contributed by atoms with Crippen LogP contribution in [0, 0.1) is 0 Å². The maximum atomic E-state index is 12.6. The molecule has 142 valence electrons. The number of para-hydroxylation sites is 1. The van der Waals surface area contributed by atoms with Crippen LogP contribution < -0.4 is 5.32 Å². The van der Waals surface area contributed by atoms with Gasteiger partial charge in [-0.1, -0.05) is 48.5 Å². The number of rotatable bonds is 5. The molecular formula is C19H17ClN6OS. The lowest BCUT2D eigenvalue weighted by Gasteiger charge is -2.13. The predicted molar refractivity (Wildman–Crippen MR) is 112 cm³/mol. The number of amides is 1. The Morgan fingerprint density at radius 3 is 2.82 bits per heavy atom. The molecule has 1 atom stereocenters. The number of hydrogen-bond acceptors (Lipinski definition) is 6. The van der Waals surface area contributed by atoms with E-state index in [2.05, 4.69) is 25.5 Å². The number of fused-ring (bicyclic) bond motifs is 3. The van der Waals surface area contributed by atoms with E-state index in [1.54, 1.807) is 12.1 Å². The van der Waals surface area contributed by atoms with Crippen LogP contribution in [0.4, 0.5) is 5.82 Å². The molecule has 1 aromatic carbocycles. The van der Waals surface area contributed by atoms with Crippen molar-refractivity contribution in [2.75, 3.05) is 5.32 Å². The first-order valence-corrected chi connectivity index (χ1v) is 9.99. The molecule has 3 aromatic heterocycles. The number of carbonyl (C=O) groups is 1. The Kier molecular flexibility index (Phi) is 5.15. The lowest BCUT2D eigenvalue weighted by Crippen LogP contribution is -2.25. The molecule has 7 nitrogen and oxygen atoms in total. The highest BCUT2D eigenvalue weighted by atomic mass is 35.5. The topological polar surface area (TPSA) is 85.6 Å². The van der Waals surface area contributed by atoms with Crippen LogP contribution >= 0.6 is 23.4 Å². The number of pyridine rings is 1. The lowest BCUT2D eigenvalue weighted by molar-refractivity contribution is -0.115. The molecule has 28 heavy (non-hydrogen) atoms. The quantitative estimate of drug-likeness (QED) is 0.497. The van der Waals surface area contributed by atoms with Gasteiger partial charge < -0.3 is 9.88 Å². The van der Waals surface area contributed by atoms with Crippen LogP contribution in [0.3, 0.4) is 0 Å². The summed E-state index contributed by atoms with van der Waals surface area (Å²) in [6.45, 7) is 1.94. The highest BCUT2D eigenvalue weighted by Gasteiger charge is 2.21. The van der Waals surface area contributed by atoms with E-state index in [0.29, 0.717) is 22.4 Å². The van der Waals surface area contributed by atoms with Gasteiger partial charge >= 0.3 is 0 Å². The van der Waals surface area contributed by atoms with E-state index in [0.717, 1.165) is 22.1 Å². The number of halogens is 1. The van der Waals surface area contributed by atoms with Gasteiger partial charge in [0.2, 0.25) is 11.1 Å². The van der Waals surface area contributed by atoms with Crippen molar-refractivity contribution in [3.05, 3.63) is 47.6 Å². The van der Waals surface area contributed by atoms with Gasteiger partial charge in [-0.3, -0.25) is 4.79 Å². The molecule has 1 amide bonds. The molecule has 0 saturated carbocycles. The number of aromatic nitrogens is 5. The van der Waals surface area contributed by atoms with Crippen molar-refractivity contribution < 1.29 is 4.79 Å². The summed E-state index contributed by atoms with van der Waals surface area (Å²) in [7, 11) is 1.95. The molecule has 0 aliphatic rings. The number of benzene rings is 1. The summed E-state index contributed by atoms with van der Waals surface area (Å²) in [6, 6.07) is 11.3. The Morgan fingerprint density at radius 1 is 1.25 bits per heavy atom. The van der Waals surface area contributed by atoms with Crippen LogP contribution in [0.25, 0.3) is 22.1 Å². The van der Waals surface area contributed by atoms with Gasteiger partial charge in [0.1, 0.15) is 11.3 Å². The monoisotopic (exact) mass is 412 g/mol. The number of hydrogen-bond donors (Lipinski definition) is 1. The molecule has 4 rings (SSSR count). The van der Waals surface area contributed by atoms with E-state index in [1.165, 1.54) is 18.0 Å². The Hall–Kier alpha value is -2.71. The molecule has 3 heterocycles. The molecule has 4 aromatic rings. The SMILES string of the molecule is CC[C@@H](Sc1nnc2c3ccccc3n(C)c2n1)C(=O)Nc1ccc(Cl)cn1. The molecule has 0 bridgehead atoms. The average molecular weight is 413 g/mol. The van der Waals surface area contributed by atoms with E-state index in [1.807, 2.05) is 42.8 Å². The van der Waals surface area contributed by atoms with Crippen LogP contribution in [0.1, 0.15) is 13.3 Å². The minimum Gasteiger partial charge on any atom is -0.327 e. The van der Waals surface area contributed by atoms with E-state index >= 15 is 0 Å². The van der Waals surface area contributed by atoms with Crippen LogP contribution in [0.15, 0.2) is 47.8 Å². The summed E-state index contributed by atoms with van der Waals surface area (Å²) in [5.41, 5.74) is 2.54. The van der Waals surface area contributed by atoms with Crippen LogP contribution in [-0.2, 0) is 11.8 Å². The molecule has 0 unspecified atom stereocenters. The summed E-state index contributed by atoms with van der Waals surface area (Å²) < 4.78 is 1.99. The van der Waals surface area contributed by atoms with Crippen molar-refractivity contribution in [2.45, 2.75) is 23.8 Å². The summed E-state index contributed by atoms with van der Waals surface area (Å²) in [5.74, 6) is 0.291. The molecule has 0 fully saturated rings. The molecule has 0 spiro atoms. The highest BCUT2D eigenvalue weighted by molar-refractivity contribution is 8.00. The third-order valence-corrected chi connectivity index (χ3v) is 5.82. The zero-order chi connectivity index (χ0) is 19.7. The summed E-state index contributed by atoms with van der Waals surface area (Å²) in [4.78, 5) is 21.4. The first-order chi connectivity index (χ1) is 13.6. The van der Waals surface area contributed by atoms with Gasteiger partial charge in [0.25, 0.3) is 0 Å². The molecule has 1 N–H and O–H groups in total. The van der Waals surface area contributed by atoms with Gasteiger partial charge in [0.05, 0.1) is 15.8 Å². The Morgan fingerprint density at radius 2 is 2.07 bits per heavy atom. The molecule has 0 radical (unpaired) electrons. The summed E-state index contributed by atoms with van der Waals surface area (Å²) in [5, 5.41) is 13.0. The van der Waals surface area contributed by atoms with E-state index in [9.17, 15) is 4.79 Å². The van der Waals surface area contributed by atoms with Gasteiger partial charge in [0.15, 0.2) is 5.65 Å². The highest BCUT2D eigenvalue weighted by Crippen LogP contribution is 2.28. The smallest absolute Gasteiger partial charge is 0.239 e. The first kappa shape index (κ1) is 18.6. The standard InChI is InChI=1S/C19H17ClN6OS/c1-3-14(18(27)22-15-9-8-11(20)10-21-15)28-19-23-17-16(24-25-19)12-6-4-5-7-13(12)26(17)2/h4-10,14H,3H2,1-2H3,(H,21,22,27)/t14-/m1/s1. The predicted octanol–water partition coefficient (Wildman–Crippen LogP) is 4.07. The van der Waals surface area contributed by atoms with Crippen molar-refractivity contribution in [3.8, 4) is 0 Å².